The summed E-state index contributed by atoms with van der Waals surface area (Å²) in [5, 5.41) is 0.693. The van der Waals surface area contributed by atoms with E-state index in [2.05, 4.69) is 19.0 Å². The van der Waals surface area contributed by atoms with E-state index in [9.17, 15) is 0 Å². The first-order chi connectivity index (χ1) is 8.00. The van der Waals surface area contributed by atoms with E-state index < -0.39 is 0 Å². The summed E-state index contributed by atoms with van der Waals surface area (Å²) >= 11 is 5.95. The summed E-state index contributed by atoms with van der Waals surface area (Å²) in [7, 11) is 4.10. The number of halogens is 1. The summed E-state index contributed by atoms with van der Waals surface area (Å²) in [4.78, 5) is 2.14. The number of nitrogens with zero attached hydrogens (tertiary/aromatic N) is 1. The standard InChI is InChI=1S/C13H21ClN2O/c1-10(15)12-9-11(14)5-6-13(12)17-8-4-7-16(2)3/h5-6,9-10H,4,7-8,15H2,1-3H3. The average Bonchev–Trinajstić information content (AvgIpc) is 2.25. The van der Waals surface area contributed by atoms with Crippen molar-refractivity contribution in [2.24, 2.45) is 5.73 Å². The Bertz CT molecular complexity index is 353. The molecule has 4 heteroatoms. The minimum atomic E-state index is -0.0717. The number of rotatable bonds is 6. The third-order valence-corrected chi connectivity index (χ3v) is 2.70. The Labute approximate surface area is 109 Å². The van der Waals surface area contributed by atoms with Gasteiger partial charge in [-0.1, -0.05) is 11.6 Å². The number of nitrogens with two attached hydrogens (primary N) is 1. The maximum absolute atomic E-state index is 5.95. The van der Waals surface area contributed by atoms with Gasteiger partial charge in [-0.25, -0.2) is 0 Å². The molecule has 0 fully saturated rings. The molecule has 1 aromatic rings. The zero-order valence-corrected chi connectivity index (χ0v) is 11.5. The summed E-state index contributed by atoms with van der Waals surface area (Å²) in [6, 6.07) is 5.51. The van der Waals surface area contributed by atoms with Gasteiger partial charge in [0.1, 0.15) is 5.75 Å². The molecule has 0 aromatic heterocycles. The lowest BCUT2D eigenvalue weighted by molar-refractivity contribution is 0.278. The second-order valence-corrected chi connectivity index (χ2v) is 4.91. The molecule has 0 heterocycles. The van der Waals surface area contributed by atoms with Gasteiger partial charge in [-0.3, -0.25) is 0 Å². The molecule has 17 heavy (non-hydrogen) atoms. The lowest BCUT2D eigenvalue weighted by atomic mass is 10.1. The second-order valence-electron chi connectivity index (χ2n) is 4.48. The summed E-state index contributed by atoms with van der Waals surface area (Å²) in [5.74, 6) is 0.836. The van der Waals surface area contributed by atoms with Gasteiger partial charge in [-0.2, -0.15) is 0 Å². The molecule has 1 rings (SSSR count). The average molecular weight is 257 g/mol. The Hall–Kier alpha value is -0.770. The lowest BCUT2D eigenvalue weighted by Crippen LogP contribution is -2.16. The van der Waals surface area contributed by atoms with E-state index in [1.54, 1.807) is 0 Å². The second kappa shape index (κ2) is 6.84. The molecule has 0 saturated heterocycles. The molecule has 3 nitrogen and oxygen atoms in total. The Kier molecular flexibility index (Phi) is 5.75. The third kappa shape index (κ3) is 4.94. The minimum Gasteiger partial charge on any atom is -0.493 e. The zero-order valence-electron chi connectivity index (χ0n) is 10.7. The Balaban J connectivity index is 2.58. The van der Waals surface area contributed by atoms with Crippen LogP contribution in [0.25, 0.3) is 0 Å². The summed E-state index contributed by atoms with van der Waals surface area (Å²) < 4.78 is 5.74. The topological polar surface area (TPSA) is 38.5 Å². The van der Waals surface area contributed by atoms with Crippen LogP contribution in [0.4, 0.5) is 0 Å². The van der Waals surface area contributed by atoms with Crippen molar-refractivity contribution in [2.75, 3.05) is 27.2 Å². The molecule has 2 N–H and O–H groups in total. The zero-order chi connectivity index (χ0) is 12.8. The smallest absolute Gasteiger partial charge is 0.124 e. The van der Waals surface area contributed by atoms with E-state index in [1.165, 1.54) is 0 Å². The maximum Gasteiger partial charge on any atom is 0.124 e. The predicted octanol–water partition coefficient (Wildman–Crippen LogP) is 2.69. The van der Waals surface area contributed by atoms with Gasteiger partial charge in [0.2, 0.25) is 0 Å². The van der Waals surface area contributed by atoms with E-state index in [4.69, 9.17) is 22.1 Å². The molecule has 0 bridgehead atoms. The molecular weight excluding hydrogens is 236 g/mol. The highest BCUT2D eigenvalue weighted by atomic mass is 35.5. The molecule has 0 aliphatic carbocycles. The van der Waals surface area contributed by atoms with Crippen molar-refractivity contribution in [3.63, 3.8) is 0 Å². The summed E-state index contributed by atoms with van der Waals surface area (Å²) in [6.07, 6.45) is 0.994. The first kappa shape index (κ1) is 14.3. The SMILES string of the molecule is CC(N)c1cc(Cl)ccc1OCCCN(C)C. The number of benzene rings is 1. The fraction of sp³-hybridized carbons (Fsp3) is 0.538. The predicted molar refractivity (Wildman–Crippen MR) is 72.7 cm³/mol. The molecule has 0 aliphatic rings. The van der Waals surface area contributed by atoms with Gasteiger partial charge in [0.15, 0.2) is 0 Å². The van der Waals surface area contributed by atoms with E-state index >= 15 is 0 Å². The van der Waals surface area contributed by atoms with Crippen LogP contribution in [-0.2, 0) is 0 Å². The molecule has 1 atom stereocenters. The normalized spacial score (nSPS) is 12.8. The van der Waals surface area contributed by atoms with Crippen LogP contribution in [0.15, 0.2) is 18.2 Å². The van der Waals surface area contributed by atoms with E-state index in [1.807, 2.05) is 25.1 Å². The number of hydrogen-bond donors (Lipinski definition) is 1. The summed E-state index contributed by atoms with van der Waals surface area (Å²) in [6.45, 7) is 3.64. The largest absolute Gasteiger partial charge is 0.493 e. The van der Waals surface area contributed by atoms with Crippen molar-refractivity contribution in [3.05, 3.63) is 28.8 Å². The highest BCUT2D eigenvalue weighted by molar-refractivity contribution is 6.30. The molecule has 96 valence electrons. The Morgan fingerprint density at radius 3 is 2.71 bits per heavy atom. The third-order valence-electron chi connectivity index (χ3n) is 2.47. The first-order valence-electron chi connectivity index (χ1n) is 5.83. The summed E-state index contributed by atoms with van der Waals surface area (Å²) in [5.41, 5.74) is 6.85. The van der Waals surface area contributed by atoms with E-state index in [0.29, 0.717) is 11.6 Å². The van der Waals surface area contributed by atoms with Crippen molar-refractivity contribution < 1.29 is 4.74 Å². The highest BCUT2D eigenvalue weighted by Crippen LogP contribution is 2.27. The van der Waals surface area contributed by atoms with Gasteiger partial charge in [0.05, 0.1) is 6.61 Å². The van der Waals surface area contributed by atoms with Gasteiger partial charge < -0.3 is 15.4 Å². The molecular formula is C13H21ClN2O. The number of hydrogen-bond acceptors (Lipinski definition) is 3. The van der Waals surface area contributed by atoms with Crippen molar-refractivity contribution in [3.8, 4) is 5.75 Å². The first-order valence-corrected chi connectivity index (χ1v) is 6.21. The van der Waals surface area contributed by atoms with E-state index in [0.717, 1.165) is 24.3 Å². The van der Waals surface area contributed by atoms with Crippen LogP contribution in [-0.4, -0.2) is 32.1 Å². The van der Waals surface area contributed by atoms with E-state index in [-0.39, 0.29) is 6.04 Å². The monoisotopic (exact) mass is 256 g/mol. The molecule has 0 aliphatic heterocycles. The minimum absolute atomic E-state index is 0.0717. The molecule has 0 radical (unpaired) electrons. The fourth-order valence-corrected chi connectivity index (χ4v) is 1.75. The molecule has 1 aromatic carbocycles. The van der Waals surface area contributed by atoms with Gasteiger partial charge in [0, 0.05) is 23.2 Å². The van der Waals surface area contributed by atoms with Crippen molar-refractivity contribution in [1.82, 2.24) is 4.90 Å². The Morgan fingerprint density at radius 1 is 1.41 bits per heavy atom. The Morgan fingerprint density at radius 2 is 2.12 bits per heavy atom. The molecule has 0 amide bonds. The van der Waals surface area contributed by atoms with Crippen molar-refractivity contribution >= 4 is 11.6 Å². The van der Waals surface area contributed by atoms with Crippen molar-refractivity contribution in [2.45, 2.75) is 19.4 Å². The van der Waals surface area contributed by atoms with Crippen LogP contribution >= 0.6 is 11.6 Å². The quantitative estimate of drug-likeness (QED) is 0.796. The number of ether oxygens (including phenoxy) is 1. The van der Waals surface area contributed by atoms with Crippen LogP contribution in [0, 0.1) is 0 Å². The van der Waals surface area contributed by atoms with Gasteiger partial charge in [0.25, 0.3) is 0 Å². The lowest BCUT2D eigenvalue weighted by Gasteiger charge is -2.15. The van der Waals surface area contributed by atoms with Crippen molar-refractivity contribution in [1.29, 1.82) is 0 Å². The molecule has 0 saturated carbocycles. The van der Waals surface area contributed by atoms with Crippen LogP contribution in [0.2, 0.25) is 5.02 Å². The van der Waals surface area contributed by atoms with Gasteiger partial charge in [-0.15, -0.1) is 0 Å². The van der Waals surface area contributed by atoms with Crippen LogP contribution in [0.1, 0.15) is 24.9 Å². The maximum atomic E-state index is 5.95. The van der Waals surface area contributed by atoms with Crippen LogP contribution in [0.3, 0.4) is 0 Å². The van der Waals surface area contributed by atoms with Gasteiger partial charge in [-0.05, 0) is 45.6 Å². The fourth-order valence-electron chi connectivity index (χ4n) is 1.57. The molecule has 1 unspecified atom stereocenters. The molecule has 0 spiro atoms. The van der Waals surface area contributed by atoms with Crippen LogP contribution < -0.4 is 10.5 Å². The van der Waals surface area contributed by atoms with Crippen LogP contribution in [0.5, 0.6) is 5.75 Å². The van der Waals surface area contributed by atoms with Gasteiger partial charge >= 0.3 is 0 Å². The highest BCUT2D eigenvalue weighted by Gasteiger charge is 2.08.